The van der Waals surface area contributed by atoms with Crippen molar-refractivity contribution < 1.29 is 27.4 Å². The number of benzene rings is 1. The number of aromatic nitrogens is 1. The van der Waals surface area contributed by atoms with Gasteiger partial charge < -0.3 is 10.5 Å². The largest absolute Gasteiger partial charge is 0.459 e. The minimum atomic E-state index is -2.45. The average molecular weight is 470 g/mol. The van der Waals surface area contributed by atoms with Gasteiger partial charge >= 0.3 is 17.3 Å². The van der Waals surface area contributed by atoms with E-state index in [4.69, 9.17) is 15.0 Å². The molecule has 0 aliphatic carbocycles. The van der Waals surface area contributed by atoms with E-state index in [1.165, 1.54) is 11.3 Å². The molecule has 0 radical (unpaired) electrons. The summed E-state index contributed by atoms with van der Waals surface area (Å²) in [5.74, 6) is -3.26. The Morgan fingerprint density at radius 3 is 2.42 bits per heavy atom. The SMILES string of the molecule is CCc1csc([C@@H](Cc2ccc(NOS(=O)O)cc2)[C@@H](C(N)=O)C(=O)OC(C)(C)C)n1. The number of rotatable bonds is 10. The zero-order valence-corrected chi connectivity index (χ0v) is 19.4. The number of nitrogens with zero attached hydrogens (tertiary/aromatic N) is 1. The topological polar surface area (TPSA) is 141 Å². The molecule has 1 amide bonds. The molecule has 0 fully saturated rings. The number of carbonyl (C=O) groups excluding carboxylic acids is 2. The Balaban J connectivity index is 2.34. The molecule has 0 saturated carbocycles. The lowest BCUT2D eigenvalue weighted by atomic mass is 9.86. The molecular weight excluding hydrogens is 442 g/mol. The van der Waals surface area contributed by atoms with E-state index in [9.17, 15) is 13.8 Å². The number of hydrogen-bond acceptors (Lipinski definition) is 8. The first-order valence-corrected chi connectivity index (χ1v) is 11.5. The van der Waals surface area contributed by atoms with Crippen LogP contribution in [0.3, 0.4) is 0 Å². The molecule has 0 saturated heterocycles. The smallest absolute Gasteiger partial charge is 0.324 e. The second-order valence-electron chi connectivity index (χ2n) is 7.85. The third kappa shape index (κ3) is 7.69. The number of nitrogens with one attached hydrogen (secondary N) is 1. The van der Waals surface area contributed by atoms with Gasteiger partial charge in [-0.25, -0.2) is 10.5 Å². The zero-order chi connectivity index (χ0) is 23.2. The van der Waals surface area contributed by atoms with Gasteiger partial charge in [0, 0.05) is 11.3 Å². The first-order chi connectivity index (χ1) is 14.5. The van der Waals surface area contributed by atoms with Crippen molar-refractivity contribution in [3.05, 3.63) is 45.9 Å². The number of nitrogens with two attached hydrogens (primary N) is 1. The van der Waals surface area contributed by atoms with Crippen LogP contribution < -0.4 is 11.2 Å². The van der Waals surface area contributed by atoms with Crippen molar-refractivity contribution in [3.63, 3.8) is 0 Å². The molecule has 4 N–H and O–H groups in total. The summed E-state index contributed by atoms with van der Waals surface area (Å²) >= 11 is -1.07. The number of esters is 1. The lowest BCUT2D eigenvalue weighted by Crippen LogP contribution is -2.40. The van der Waals surface area contributed by atoms with Crippen LogP contribution in [0.4, 0.5) is 5.69 Å². The summed E-state index contributed by atoms with van der Waals surface area (Å²) in [6.45, 7) is 7.15. The Kier molecular flexibility index (Phi) is 8.69. The van der Waals surface area contributed by atoms with Gasteiger partial charge in [0.25, 0.3) is 0 Å². The van der Waals surface area contributed by atoms with Crippen molar-refractivity contribution in [1.29, 1.82) is 0 Å². The molecule has 31 heavy (non-hydrogen) atoms. The second kappa shape index (κ2) is 10.8. The lowest BCUT2D eigenvalue weighted by Gasteiger charge is -2.26. The predicted octanol–water partition coefficient (Wildman–Crippen LogP) is 2.96. The number of primary amides is 1. The van der Waals surface area contributed by atoms with E-state index in [0.717, 1.165) is 17.7 Å². The number of aryl methyl sites for hydroxylation is 1. The minimum Gasteiger partial charge on any atom is -0.459 e. The maximum Gasteiger partial charge on any atom is 0.324 e. The molecule has 0 aliphatic heterocycles. The van der Waals surface area contributed by atoms with E-state index in [1.807, 2.05) is 12.3 Å². The molecule has 170 valence electrons. The van der Waals surface area contributed by atoms with E-state index >= 15 is 0 Å². The number of hydrogen-bond donors (Lipinski definition) is 3. The molecule has 2 rings (SSSR count). The summed E-state index contributed by atoms with van der Waals surface area (Å²) in [6.07, 6.45) is 1.04. The van der Waals surface area contributed by atoms with Gasteiger partial charge in [0.15, 0.2) is 0 Å². The van der Waals surface area contributed by atoms with Crippen LogP contribution in [0, 0.1) is 5.92 Å². The molecule has 0 bridgehead atoms. The average Bonchev–Trinajstić information content (AvgIpc) is 3.14. The number of thiazole rings is 1. The van der Waals surface area contributed by atoms with Crippen molar-refractivity contribution >= 4 is 40.3 Å². The molecule has 0 aliphatic rings. The minimum absolute atomic E-state index is 0.316. The standard InChI is InChI=1S/C20H27N3O6S2/c1-5-13-11-30-18(22-13)15(16(17(21)24)19(25)28-20(2,3)4)10-12-6-8-14(9-7-12)23-29-31(26)27/h6-9,11,15-16,23H,5,10H2,1-4H3,(H2,21,24)(H,26,27)/t15-,16-/m0/s1. The Hall–Kier alpha value is -2.34. The van der Waals surface area contributed by atoms with Gasteiger partial charge in [-0.15, -0.1) is 15.6 Å². The highest BCUT2D eigenvalue weighted by Crippen LogP contribution is 2.33. The van der Waals surface area contributed by atoms with Gasteiger partial charge in [0.2, 0.25) is 5.91 Å². The monoisotopic (exact) mass is 469 g/mol. The van der Waals surface area contributed by atoms with E-state index in [2.05, 4.69) is 14.7 Å². The highest BCUT2D eigenvalue weighted by molar-refractivity contribution is 7.74. The van der Waals surface area contributed by atoms with Crippen LogP contribution in [-0.4, -0.2) is 31.2 Å². The molecule has 1 aromatic heterocycles. The van der Waals surface area contributed by atoms with E-state index < -0.39 is 40.7 Å². The van der Waals surface area contributed by atoms with E-state index in [0.29, 0.717) is 17.1 Å². The van der Waals surface area contributed by atoms with Crippen LogP contribution in [0.2, 0.25) is 0 Å². The van der Waals surface area contributed by atoms with Gasteiger partial charge in [-0.1, -0.05) is 19.1 Å². The van der Waals surface area contributed by atoms with Crippen molar-refractivity contribution in [1.82, 2.24) is 4.98 Å². The summed E-state index contributed by atoms with van der Waals surface area (Å²) in [5, 5.41) is 2.53. The maximum atomic E-state index is 12.9. The van der Waals surface area contributed by atoms with Crippen molar-refractivity contribution in [2.75, 3.05) is 5.48 Å². The lowest BCUT2D eigenvalue weighted by molar-refractivity contribution is -0.162. The Bertz CT molecular complexity index is 924. The first-order valence-electron chi connectivity index (χ1n) is 9.59. The number of carbonyl (C=O) groups is 2. The summed E-state index contributed by atoms with van der Waals surface area (Å²) in [6, 6.07) is 6.79. The Morgan fingerprint density at radius 2 is 1.94 bits per heavy atom. The second-order valence-corrected chi connectivity index (χ2v) is 9.34. The molecule has 1 aromatic carbocycles. The molecule has 3 atom stereocenters. The van der Waals surface area contributed by atoms with Crippen LogP contribution in [-0.2, 0) is 42.8 Å². The molecule has 2 aromatic rings. The van der Waals surface area contributed by atoms with Crippen LogP contribution >= 0.6 is 11.3 Å². The highest BCUT2D eigenvalue weighted by atomic mass is 32.2. The van der Waals surface area contributed by atoms with Crippen LogP contribution in [0.15, 0.2) is 29.6 Å². The van der Waals surface area contributed by atoms with Gasteiger partial charge in [-0.3, -0.25) is 14.1 Å². The maximum absolute atomic E-state index is 12.9. The number of amides is 1. The molecular formula is C20H27N3O6S2. The van der Waals surface area contributed by atoms with Crippen LogP contribution in [0.1, 0.15) is 49.9 Å². The third-order valence-electron chi connectivity index (χ3n) is 4.26. The van der Waals surface area contributed by atoms with Gasteiger partial charge in [0.1, 0.15) is 11.5 Å². The molecule has 1 heterocycles. The summed E-state index contributed by atoms with van der Waals surface area (Å²) in [4.78, 5) is 29.8. The normalized spacial score (nSPS) is 14.5. The van der Waals surface area contributed by atoms with Gasteiger partial charge in [0.05, 0.1) is 16.4 Å². The Morgan fingerprint density at radius 1 is 1.29 bits per heavy atom. The van der Waals surface area contributed by atoms with Crippen molar-refractivity contribution in [2.45, 2.75) is 52.1 Å². The number of anilines is 1. The van der Waals surface area contributed by atoms with Crippen LogP contribution in [0.25, 0.3) is 0 Å². The first kappa shape index (κ1) is 24.9. The summed E-state index contributed by atoms with van der Waals surface area (Å²) < 4.78 is 29.2. The predicted molar refractivity (Wildman–Crippen MR) is 118 cm³/mol. The van der Waals surface area contributed by atoms with E-state index in [1.54, 1.807) is 45.0 Å². The quantitative estimate of drug-likeness (QED) is 0.209. The summed E-state index contributed by atoms with van der Waals surface area (Å²) in [5.41, 5.74) is 9.35. The number of ether oxygens (including phenoxy) is 1. The van der Waals surface area contributed by atoms with Gasteiger partial charge in [-0.2, -0.15) is 4.21 Å². The fourth-order valence-electron chi connectivity index (χ4n) is 2.89. The summed E-state index contributed by atoms with van der Waals surface area (Å²) in [7, 11) is 0. The fourth-order valence-corrected chi connectivity index (χ4v) is 4.10. The van der Waals surface area contributed by atoms with Gasteiger partial charge in [-0.05, 0) is 51.3 Å². The van der Waals surface area contributed by atoms with Crippen molar-refractivity contribution in [3.8, 4) is 0 Å². The van der Waals surface area contributed by atoms with E-state index in [-0.39, 0.29) is 0 Å². The fraction of sp³-hybridized carbons (Fsp3) is 0.450. The molecule has 11 heteroatoms. The molecule has 0 spiro atoms. The third-order valence-corrected chi connectivity index (χ3v) is 5.51. The van der Waals surface area contributed by atoms with Crippen LogP contribution in [0.5, 0.6) is 0 Å². The molecule has 9 nitrogen and oxygen atoms in total. The highest BCUT2D eigenvalue weighted by Gasteiger charge is 2.39. The molecule has 1 unspecified atom stereocenters. The van der Waals surface area contributed by atoms with Crippen molar-refractivity contribution in [2.24, 2.45) is 11.7 Å². The Labute approximate surface area is 187 Å². The zero-order valence-electron chi connectivity index (χ0n) is 17.8.